The Hall–Kier alpha value is -1.32. The number of ether oxygens (including phenoxy) is 1. The van der Waals surface area contributed by atoms with Gasteiger partial charge < -0.3 is 9.84 Å². The molecule has 0 unspecified atom stereocenters. The normalized spacial score (nSPS) is 19.3. The molecule has 0 atom stereocenters. The summed E-state index contributed by atoms with van der Waals surface area (Å²) < 4.78 is 5.18. The van der Waals surface area contributed by atoms with Gasteiger partial charge in [0.1, 0.15) is 11.2 Å². The maximum Gasteiger partial charge on any atom is 0.345 e. The van der Waals surface area contributed by atoms with Gasteiger partial charge in [-0.2, -0.15) is 0 Å². The Kier molecular flexibility index (Phi) is 3.50. The van der Waals surface area contributed by atoms with Crippen molar-refractivity contribution in [1.82, 2.24) is 0 Å². The van der Waals surface area contributed by atoms with Crippen LogP contribution in [-0.4, -0.2) is 22.6 Å². The van der Waals surface area contributed by atoms with Gasteiger partial charge in [-0.3, -0.25) is 0 Å². The lowest BCUT2D eigenvalue weighted by Crippen LogP contribution is -2.35. The van der Waals surface area contributed by atoms with Gasteiger partial charge in [0.2, 0.25) is 0 Å². The number of rotatable bonds is 3. The Balaban J connectivity index is 2.56. The third-order valence-corrected chi connectivity index (χ3v) is 2.75. The Morgan fingerprint density at radius 2 is 1.80 bits per heavy atom. The minimum Gasteiger partial charge on any atom is -0.477 e. The molecule has 0 saturated heterocycles. The highest BCUT2D eigenvalue weighted by Crippen LogP contribution is 2.31. The quantitative estimate of drug-likeness (QED) is 0.336. The van der Waals surface area contributed by atoms with Crippen LogP contribution in [0, 0.1) is 0 Å². The number of carboxylic acids is 1. The highest BCUT2D eigenvalue weighted by molar-refractivity contribution is 6.12. The van der Waals surface area contributed by atoms with E-state index < -0.39 is 23.1 Å². The fourth-order valence-corrected chi connectivity index (χ4v) is 1.77. The van der Waals surface area contributed by atoms with Crippen molar-refractivity contribution < 1.29 is 19.4 Å². The number of hydrogen-bond acceptors (Lipinski definition) is 3. The average Bonchev–Trinajstić information content (AvgIpc) is 2.16. The van der Waals surface area contributed by atoms with E-state index in [1.807, 2.05) is 6.92 Å². The van der Waals surface area contributed by atoms with Gasteiger partial charge in [0.25, 0.3) is 0 Å². The van der Waals surface area contributed by atoms with Crippen LogP contribution in [0.1, 0.15) is 39.0 Å². The summed E-state index contributed by atoms with van der Waals surface area (Å²) in [5.41, 5.74) is -1.00. The van der Waals surface area contributed by atoms with Crippen molar-refractivity contribution in [2.45, 2.75) is 44.6 Å². The molecule has 15 heavy (non-hydrogen) atoms. The zero-order chi connectivity index (χ0) is 11.5. The Morgan fingerprint density at radius 3 is 2.27 bits per heavy atom. The van der Waals surface area contributed by atoms with E-state index in [1.165, 1.54) is 0 Å². The van der Waals surface area contributed by atoms with E-state index in [-0.39, 0.29) is 0 Å². The molecule has 1 rings (SSSR count). The molecule has 4 nitrogen and oxygen atoms in total. The summed E-state index contributed by atoms with van der Waals surface area (Å²) in [6.07, 6.45) is 4.77. The minimum absolute atomic E-state index is 0.498. The number of carbonyl (C=O) groups excluding carboxylic acids is 1. The van der Waals surface area contributed by atoms with Crippen LogP contribution in [0.15, 0.2) is 12.2 Å². The third-order valence-electron chi connectivity index (χ3n) is 2.75. The third kappa shape index (κ3) is 3.08. The first-order valence-corrected chi connectivity index (χ1v) is 5.10. The molecule has 0 radical (unpaired) electrons. The molecular weight excluding hydrogens is 196 g/mol. The van der Waals surface area contributed by atoms with Crippen LogP contribution in [0.25, 0.3) is 0 Å². The molecule has 0 bridgehead atoms. The highest BCUT2D eigenvalue weighted by Gasteiger charge is 2.32. The fraction of sp³-hybridized carbons (Fsp3) is 0.636. The van der Waals surface area contributed by atoms with Crippen molar-refractivity contribution in [2.24, 2.45) is 0 Å². The largest absolute Gasteiger partial charge is 0.477 e. The van der Waals surface area contributed by atoms with Gasteiger partial charge in [0, 0.05) is 0 Å². The van der Waals surface area contributed by atoms with Gasteiger partial charge >= 0.3 is 11.9 Å². The minimum atomic E-state index is -1.32. The summed E-state index contributed by atoms with van der Waals surface area (Å²) in [5, 5.41) is 8.57. The van der Waals surface area contributed by atoms with E-state index >= 15 is 0 Å². The Morgan fingerprint density at radius 1 is 1.27 bits per heavy atom. The van der Waals surface area contributed by atoms with Gasteiger partial charge in [-0.15, -0.1) is 0 Å². The summed E-state index contributed by atoms with van der Waals surface area (Å²) in [4.78, 5) is 21.8. The molecule has 1 saturated carbocycles. The molecule has 4 heteroatoms. The SMILES string of the molecule is C=C(C(=O)O)C(=O)OC1(C)CCCCC1. The molecule has 0 aromatic rings. The number of aliphatic carboxylic acids is 1. The second kappa shape index (κ2) is 4.47. The van der Waals surface area contributed by atoms with Crippen LogP contribution >= 0.6 is 0 Å². The maximum atomic E-state index is 11.4. The second-order valence-electron chi connectivity index (χ2n) is 4.18. The summed E-state index contributed by atoms with van der Waals surface area (Å²) in [6, 6.07) is 0. The van der Waals surface area contributed by atoms with Gasteiger partial charge in [-0.1, -0.05) is 13.0 Å². The molecule has 1 fully saturated rings. The standard InChI is InChI=1S/C11H16O4/c1-8(9(12)13)10(14)15-11(2)6-4-3-5-7-11/h1,3-7H2,2H3,(H,12,13). The van der Waals surface area contributed by atoms with E-state index in [9.17, 15) is 9.59 Å². The summed E-state index contributed by atoms with van der Waals surface area (Å²) >= 11 is 0. The lowest BCUT2D eigenvalue weighted by atomic mass is 9.86. The van der Waals surface area contributed by atoms with Gasteiger partial charge in [-0.25, -0.2) is 9.59 Å². The molecule has 1 N–H and O–H groups in total. The van der Waals surface area contributed by atoms with Crippen LogP contribution in [0.5, 0.6) is 0 Å². The van der Waals surface area contributed by atoms with Crippen molar-refractivity contribution >= 4 is 11.9 Å². The van der Waals surface area contributed by atoms with E-state index in [2.05, 4.69) is 6.58 Å². The lowest BCUT2D eigenvalue weighted by Gasteiger charge is -2.33. The summed E-state index contributed by atoms with van der Waals surface area (Å²) in [5.74, 6) is -2.13. The molecule has 0 amide bonds. The predicted molar refractivity (Wildman–Crippen MR) is 54.4 cm³/mol. The lowest BCUT2D eigenvalue weighted by molar-refractivity contribution is -0.158. The molecule has 1 aliphatic carbocycles. The fourth-order valence-electron chi connectivity index (χ4n) is 1.77. The van der Waals surface area contributed by atoms with Crippen LogP contribution in [0.3, 0.4) is 0 Å². The average molecular weight is 212 g/mol. The summed E-state index contributed by atoms with van der Waals surface area (Å²) in [6.45, 7) is 5.02. The molecule has 0 aliphatic heterocycles. The van der Waals surface area contributed by atoms with Crippen LogP contribution in [0.2, 0.25) is 0 Å². The smallest absolute Gasteiger partial charge is 0.345 e. The number of carboxylic acid groups (broad SMARTS) is 1. The van der Waals surface area contributed by atoms with Gasteiger partial charge in [-0.05, 0) is 32.6 Å². The summed E-state index contributed by atoms with van der Waals surface area (Å²) in [7, 11) is 0. The van der Waals surface area contributed by atoms with E-state index in [0.29, 0.717) is 0 Å². The molecule has 1 aliphatic rings. The van der Waals surface area contributed by atoms with Crippen LogP contribution in [-0.2, 0) is 14.3 Å². The van der Waals surface area contributed by atoms with E-state index in [1.54, 1.807) is 0 Å². The van der Waals surface area contributed by atoms with Crippen LogP contribution < -0.4 is 0 Å². The Labute approximate surface area is 88.9 Å². The van der Waals surface area contributed by atoms with Crippen molar-refractivity contribution in [2.75, 3.05) is 0 Å². The maximum absolute atomic E-state index is 11.4. The first-order chi connectivity index (χ1) is 6.94. The van der Waals surface area contributed by atoms with E-state index in [0.717, 1.165) is 32.1 Å². The second-order valence-corrected chi connectivity index (χ2v) is 4.18. The monoisotopic (exact) mass is 212 g/mol. The van der Waals surface area contributed by atoms with Crippen molar-refractivity contribution in [1.29, 1.82) is 0 Å². The topological polar surface area (TPSA) is 63.6 Å². The van der Waals surface area contributed by atoms with Crippen molar-refractivity contribution in [3.8, 4) is 0 Å². The van der Waals surface area contributed by atoms with Crippen molar-refractivity contribution in [3.05, 3.63) is 12.2 Å². The van der Waals surface area contributed by atoms with E-state index in [4.69, 9.17) is 9.84 Å². The molecular formula is C11H16O4. The highest BCUT2D eigenvalue weighted by atomic mass is 16.6. The number of carbonyl (C=O) groups is 2. The predicted octanol–water partition coefficient (Wildman–Crippen LogP) is 1.89. The molecule has 0 aromatic carbocycles. The van der Waals surface area contributed by atoms with Gasteiger partial charge in [0.15, 0.2) is 0 Å². The first-order valence-electron chi connectivity index (χ1n) is 5.10. The van der Waals surface area contributed by atoms with Gasteiger partial charge in [0.05, 0.1) is 0 Å². The molecule has 0 heterocycles. The van der Waals surface area contributed by atoms with Crippen molar-refractivity contribution in [3.63, 3.8) is 0 Å². The zero-order valence-electron chi connectivity index (χ0n) is 8.91. The number of hydrogen-bond donors (Lipinski definition) is 1. The first kappa shape index (κ1) is 11.8. The molecule has 0 spiro atoms. The van der Waals surface area contributed by atoms with Crippen LogP contribution in [0.4, 0.5) is 0 Å². The molecule has 84 valence electrons. The molecule has 0 aromatic heterocycles. The Bertz CT molecular complexity index is 287. The number of esters is 1. The zero-order valence-corrected chi connectivity index (χ0v) is 8.91.